The first-order chi connectivity index (χ1) is 16.2. The number of nitrogens with one attached hydrogen (secondary N) is 3. The lowest BCUT2D eigenvalue weighted by molar-refractivity contribution is 0.0953. The Morgan fingerprint density at radius 3 is 2.15 bits per heavy atom. The van der Waals surface area contributed by atoms with E-state index in [4.69, 9.17) is 4.74 Å². The molecule has 0 unspecified atom stereocenters. The average molecular weight is 482 g/mol. The molecule has 0 aliphatic rings. The molecular formula is C25H27N3O5S. The van der Waals surface area contributed by atoms with Gasteiger partial charge in [-0.25, -0.2) is 8.42 Å². The zero-order valence-corrected chi connectivity index (χ0v) is 20.0. The molecule has 3 aromatic rings. The molecule has 0 aromatic heterocycles. The van der Waals surface area contributed by atoms with Crippen molar-refractivity contribution in [2.45, 2.75) is 25.2 Å². The highest BCUT2D eigenvalue weighted by Crippen LogP contribution is 2.22. The van der Waals surface area contributed by atoms with Crippen LogP contribution in [0.5, 0.6) is 5.75 Å². The fourth-order valence-corrected chi connectivity index (χ4v) is 4.21. The third-order valence-electron chi connectivity index (χ3n) is 5.05. The second-order valence-corrected chi connectivity index (χ2v) is 9.28. The number of anilines is 2. The second kappa shape index (κ2) is 10.8. The third kappa shape index (κ3) is 6.14. The summed E-state index contributed by atoms with van der Waals surface area (Å²) in [7, 11) is -2.39. The lowest BCUT2D eigenvalue weighted by Crippen LogP contribution is -2.23. The number of carbonyl (C=O) groups excluding carboxylic acids is 2. The van der Waals surface area contributed by atoms with E-state index in [1.807, 2.05) is 6.92 Å². The van der Waals surface area contributed by atoms with Crippen LogP contribution in [-0.2, 0) is 10.0 Å². The van der Waals surface area contributed by atoms with Crippen LogP contribution in [0.15, 0.2) is 71.6 Å². The number of rotatable bonds is 9. The van der Waals surface area contributed by atoms with Gasteiger partial charge in [-0.15, -0.1) is 0 Å². The highest BCUT2D eigenvalue weighted by molar-refractivity contribution is 7.92. The van der Waals surface area contributed by atoms with Crippen molar-refractivity contribution in [3.05, 3.63) is 83.4 Å². The summed E-state index contributed by atoms with van der Waals surface area (Å²) in [6.07, 6.45) is 0.837. The molecule has 8 nitrogen and oxygen atoms in total. The van der Waals surface area contributed by atoms with E-state index in [2.05, 4.69) is 15.4 Å². The Balaban J connectivity index is 1.75. The van der Waals surface area contributed by atoms with Crippen LogP contribution in [0.2, 0.25) is 0 Å². The van der Waals surface area contributed by atoms with E-state index in [-0.39, 0.29) is 16.4 Å². The molecule has 0 fully saturated rings. The molecule has 3 aromatic carbocycles. The molecule has 178 valence electrons. The maximum absolute atomic E-state index is 12.9. The topological polar surface area (TPSA) is 114 Å². The largest absolute Gasteiger partial charge is 0.497 e. The van der Waals surface area contributed by atoms with Crippen molar-refractivity contribution in [3.63, 3.8) is 0 Å². The quantitative estimate of drug-likeness (QED) is 0.424. The molecule has 2 amide bonds. The van der Waals surface area contributed by atoms with Gasteiger partial charge >= 0.3 is 0 Å². The van der Waals surface area contributed by atoms with E-state index < -0.39 is 15.9 Å². The van der Waals surface area contributed by atoms with Gasteiger partial charge in [0.05, 0.1) is 12.0 Å². The lowest BCUT2D eigenvalue weighted by atomic mass is 10.1. The smallest absolute Gasteiger partial charge is 0.261 e. The predicted octanol–water partition coefficient (Wildman–Crippen LogP) is 4.20. The van der Waals surface area contributed by atoms with Crippen molar-refractivity contribution in [1.29, 1.82) is 0 Å². The number of amides is 2. The zero-order chi connectivity index (χ0) is 24.7. The first-order valence-corrected chi connectivity index (χ1v) is 12.2. The standard InChI is InChI=1S/C25H27N3O5S/c1-4-15-26-24(29)18-6-8-19(9-7-18)27-25(30)23-16-22(14-5-17(23)2)34(31,32)28-20-10-12-21(33-3)13-11-20/h5-14,16,28H,4,15H2,1-3H3,(H,26,29)(H,27,30). The number of hydrogen-bond donors (Lipinski definition) is 3. The van der Waals surface area contributed by atoms with Gasteiger partial charge < -0.3 is 15.4 Å². The molecule has 34 heavy (non-hydrogen) atoms. The van der Waals surface area contributed by atoms with Crippen molar-refractivity contribution in [2.24, 2.45) is 0 Å². The number of hydrogen-bond acceptors (Lipinski definition) is 5. The molecule has 0 saturated carbocycles. The maximum atomic E-state index is 12.9. The van der Waals surface area contributed by atoms with E-state index in [0.29, 0.717) is 34.8 Å². The van der Waals surface area contributed by atoms with Gasteiger partial charge in [-0.2, -0.15) is 0 Å². The van der Waals surface area contributed by atoms with Crippen LogP contribution in [0.4, 0.5) is 11.4 Å². The van der Waals surface area contributed by atoms with Gasteiger partial charge in [-0.3, -0.25) is 14.3 Å². The van der Waals surface area contributed by atoms with Gasteiger partial charge in [0.15, 0.2) is 0 Å². The first kappa shape index (κ1) is 24.8. The Bertz CT molecular complexity index is 1270. The first-order valence-electron chi connectivity index (χ1n) is 10.7. The normalized spacial score (nSPS) is 10.9. The Labute approximate surface area is 199 Å². The predicted molar refractivity (Wildman–Crippen MR) is 132 cm³/mol. The molecule has 0 bridgehead atoms. The summed E-state index contributed by atoms with van der Waals surface area (Å²) < 4.78 is 33.3. The van der Waals surface area contributed by atoms with Crippen LogP contribution in [0.25, 0.3) is 0 Å². The Kier molecular flexibility index (Phi) is 7.91. The van der Waals surface area contributed by atoms with Gasteiger partial charge in [0.2, 0.25) is 0 Å². The summed E-state index contributed by atoms with van der Waals surface area (Å²) in [5, 5.41) is 5.54. The lowest BCUT2D eigenvalue weighted by Gasteiger charge is -2.12. The monoisotopic (exact) mass is 481 g/mol. The minimum absolute atomic E-state index is 0.0398. The van der Waals surface area contributed by atoms with E-state index in [9.17, 15) is 18.0 Å². The molecule has 0 heterocycles. The van der Waals surface area contributed by atoms with E-state index in [0.717, 1.165) is 6.42 Å². The van der Waals surface area contributed by atoms with Crippen LogP contribution in [0.3, 0.4) is 0 Å². The molecule has 0 atom stereocenters. The van der Waals surface area contributed by atoms with Gasteiger partial charge in [0.25, 0.3) is 21.8 Å². The summed E-state index contributed by atoms with van der Waals surface area (Å²) in [5.41, 5.74) is 2.19. The number of benzene rings is 3. The molecule has 0 radical (unpaired) electrons. The number of sulfonamides is 1. The number of aryl methyl sites for hydroxylation is 1. The highest BCUT2D eigenvalue weighted by Gasteiger charge is 2.19. The Morgan fingerprint density at radius 2 is 1.53 bits per heavy atom. The minimum Gasteiger partial charge on any atom is -0.497 e. The van der Waals surface area contributed by atoms with E-state index >= 15 is 0 Å². The molecule has 3 rings (SSSR count). The minimum atomic E-state index is -3.92. The van der Waals surface area contributed by atoms with Crippen molar-refractivity contribution in [2.75, 3.05) is 23.7 Å². The SMILES string of the molecule is CCCNC(=O)c1ccc(NC(=O)c2cc(S(=O)(=O)Nc3ccc(OC)cc3)ccc2C)cc1. The van der Waals surface area contributed by atoms with Crippen LogP contribution >= 0.6 is 0 Å². The molecule has 0 saturated heterocycles. The van der Waals surface area contributed by atoms with Gasteiger partial charge in [0, 0.05) is 29.0 Å². The third-order valence-corrected chi connectivity index (χ3v) is 6.43. The second-order valence-electron chi connectivity index (χ2n) is 7.60. The van der Waals surface area contributed by atoms with E-state index in [1.54, 1.807) is 61.5 Å². The van der Waals surface area contributed by atoms with Crippen LogP contribution < -0.4 is 20.1 Å². The molecule has 0 aliphatic heterocycles. The maximum Gasteiger partial charge on any atom is 0.261 e. The molecule has 0 aliphatic carbocycles. The fraction of sp³-hybridized carbons (Fsp3) is 0.200. The van der Waals surface area contributed by atoms with Gasteiger partial charge in [-0.1, -0.05) is 13.0 Å². The highest BCUT2D eigenvalue weighted by atomic mass is 32.2. The van der Waals surface area contributed by atoms with Crippen LogP contribution in [0.1, 0.15) is 39.6 Å². The number of methoxy groups -OCH3 is 1. The fourth-order valence-electron chi connectivity index (χ4n) is 3.13. The summed E-state index contributed by atoms with van der Waals surface area (Å²) in [4.78, 5) is 24.9. The molecule has 9 heteroatoms. The Hall–Kier alpha value is -3.85. The number of ether oxygens (including phenoxy) is 1. The molecule has 0 spiro atoms. The van der Waals surface area contributed by atoms with E-state index in [1.165, 1.54) is 19.2 Å². The van der Waals surface area contributed by atoms with Crippen LogP contribution in [0, 0.1) is 6.92 Å². The van der Waals surface area contributed by atoms with Crippen LogP contribution in [-0.4, -0.2) is 33.9 Å². The average Bonchev–Trinajstić information content (AvgIpc) is 2.83. The van der Waals surface area contributed by atoms with Gasteiger partial charge in [0.1, 0.15) is 5.75 Å². The van der Waals surface area contributed by atoms with Crippen molar-refractivity contribution in [3.8, 4) is 5.75 Å². The molecular weight excluding hydrogens is 454 g/mol. The number of carbonyl (C=O) groups is 2. The Morgan fingerprint density at radius 1 is 0.882 bits per heavy atom. The zero-order valence-electron chi connectivity index (χ0n) is 19.2. The summed E-state index contributed by atoms with van der Waals surface area (Å²) in [5.74, 6) is -0.0353. The van der Waals surface area contributed by atoms with Crippen molar-refractivity contribution >= 4 is 33.2 Å². The molecule has 3 N–H and O–H groups in total. The summed E-state index contributed by atoms with van der Waals surface area (Å²) >= 11 is 0. The summed E-state index contributed by atoms with van der Waals surface area (Å²) in [6.45, 7) is 4.28. The van der Waals surface area contributed by atoms with Gasteiger partial charge in [-0.05, 0) is 79.6 Å². The van der Waals surface area contributed by atoms with Crippen molar-refractivity contribution in [1.82, 2.24) is 5.32 Å². The van der Waals surface area contributed by atoms with Crippen molar-refractivity contribution < 1.29 is 22.7 Å². The summed E-state index contributed by atoms with van der Waals surface area (Å²) in [6, 6.07) is 17.3.